The minimum absolute atomic E-state index is 0.615. The van der Waals surface area contributed by atoms with Crippen LogP contribution >= 0.6 is 11.3 Å². The molecule has 0 unspecified atom stereocenters. The molecular formula is C15H10N4OS. The van der Waals surface area contributed by atoms with Gasteiger partial charge in [0.2, 0.25) is 5.89 Å². The largest absolute Gasteiger partial charge is 0.445 e. The van der Waals surface area contributed by atoms with Gasteiger partial charge in [0.05, 0.1) is 11.6 Å². The first-order chi connectivity index (χ1) is 10.4. The Balaban J connectivity index is 1.64. The third-order valence-electron chi connectivity index (χ3n) is 3.09. The van der Waals surface area contributed by atoms with Crippen LogP contribution in [-0.4, -0.2) is 15.0 Å². The van der Waals surface area contributed by atoms with E-state index in [1.54, 1.807) is 30.1 Å². The van der Waals surface area contributed by atoms with Crippen molar-refractivity contribution in [2.24, 2.45) is 0 Å². The van der Waals surface area contributed by atoms with Gasteiger partial charge in [0.25, 0.3) is 0 Å². The summed E-state index contributed by atoms with van der Waals surface area (Å²) >= 11 is 1.60. The Morgan fingerprint density at radius 2 is 1.90 bits per heavy atom. The van der Waals surface area contributed by atoms with Gasteiger partial charge >= 0.3 is 0 Å². The van der Waals surface area contributed by atoms with Crippen LogP contribution in [0.2, 0.25) is 0 Å². The van der Waals surface area contributed by atoms with E-state index in [-0.39, 0.29) is 0 Å². The third kappa shape index (κ3) is 2.25. The lowest BCUT2D eigenvalue weighted by molar-refractivity contribution is 0.574. The van der Waals surface area contributed by atoms with Crippen LogP contribution in [0, 0.1) is 0 Å². The van der Waals surface area contributed by atoms with E-state index in [1.165, 1.54) is 0 Å². The zero-order valence-corrected chi connectivity index (χ0v) is 11.7. The fourth-order valence-corrected chi connectivity index (χ4v) is 2.82. The highest BCUT2D eigenvalue weighted by atomic mass is 32.1. The predicted molar refractivity (Wildman–Crippen MR) is 82.6 cm³/mol. The van der Waals surface area contributed by atoms with Crippen LogP contribution in [-0.2, 0) is 0 Å². The van der Waals surface area contributed by atoms with Crippen LogP contribution in [0.4, 0.5) is 11.5 Å². The van der Waals surface area contributed by atoms with Crippen LogP contribution in [0.1, 0.15) is 0 Å². The van der Waals surface area contributed by atoms with E-state index < -0.39 is 0 Å². The predicted octanol–water partition coefficient (Wildman–Crippen LogP) is 4.09. The van der Waals surface area contributed by atoms with Crippen LogP contribution in [0.15, 0.2) is 58.9 Å². The van der Waals surface area contributed by atoms with Gasteiger partial charge in [-0.15, -0.1) is 11.3 Å². The molecule has 0 fully saturated rings. The summed E-state index contributed by atoms with van der Waals surface area (Å²) in [6.07, 6.45) is 4.77. The molecule has 6 heteroatoms. The Hall–Kier alpha value is -2.73. The summed E-state index contributed by atoms with van der Waals surface area (Å²) in [5.74, 6) is 1.42. The van der Waals surface area contributed by atoms with Gasteiger partial charge in [0.15, 0.2) is 0 Å². The number of thiophene rings is 1. The number of nitrogens with one attached hydrogen (secondary N) is 1. The number of oxazole rings is 1. The highest BCUT2D eigenvalue weighted by molar-refractivity contribution is 7.16. The lowest BCUT2D eigenvalue weighted by atomic mass is 10.2. The Morgan fingerprint density at radius 3 is 2.71 bits per heavy atom. The van der Waals surface area contributed by atoms with Gasteiger partial charge in [0, 0.05) is 11.3 Å². The Kier molecular flexibility index (Phi) is 2.86. The monoisotopic (exact) mass is 294 g/mol. The van der Waals surface area contributed by atoms with Crippen LogP contribution in [0.25, 0.3) is 21.7 Å². The highest BCUT2D eigenvalue weighted by Crippen LogP contribution is 2.27. The van der Waals surface area contributed by atoms with E-state index in [9.17, 15) is 0 Å². The molecule has 0 spiro atoms. The Labute approximate surface area is 124 Å². The number of benzene rings is 1. The topological polar surface area (TPSA) is 63.8 Å². The standard InChI is InChI=1S/C15H10N4OS/c1-3-11(4-2-10(1)14-16-6-7-20-14)19-13-12-5-8-21-15(12)18-9-17-13/h1-9H,(H,17,18,19). The maximum Gasteiger partial charge on any atom is 0.225 e. The van der Waals surface area contributed by atoms with E-state index in [2.05, 4.69) is 20.3 Å². The number of anilines is 2. The summed E-state index contributed by atoms with van der Waals surface area (Å²) in [6, 6.07) is 9.88. The average Bonchev–Trinajstić information content (AvgIpc) is 3.20. The van der Waals surface area contributed by atoms with Crippen LogP contribution in [0.5, 0.6) is 0 Å². The van der Waals surface area contributed by atoms with Gasteiger partial charge in [-0.25, -0.2) is 15.0 Å². The van der Waals surface area contributed by atoms with Crippen molar-refractivity contribution >= 4 is 33.1 Å². The smallest absolute Gasteiger partial charge is 0.225 e. The Morgan fingerprint density at radius 1 is 1.00 bits per heavy atom. The SMILES string of the molecule is c1coc(-c2ccc(Nc3ncnc4sccc34)cc2)n1. The molecule has 0 aliphatic rings. The molecule has 1 N–H and O–H groups in total. The number of rotatable bonds is 3. The Bertz CT molecular complexity index is 868. The molecule has 21 heavy (non-hydrogen) atoms. The van der Waals surface area contributed by atoms with Gasteiger partial charge in [-0.1, -0.05) is 0 Å². The summed E-state index contributed by atoms with van der Waals surface area (Å²) in [4.78, 5) is 13.6. The molecule has 4 rings (SSSR count). The molecule has 0 saturated heterocycles. The molecule has 5 nitrogen and oxygen atoms in total. The molecule has 4 aromatic rings. The number of nitrogens with zero attached hydrogens (tertiary/aromatic N) is 3. The van der Waals surface area contributed by atoms with E-state index in [0.29, 0.717) is 5.89 Å². The van der Waals surface area contributed by atoms with E-state index in [4.69, 9.17) is 4.42 Å². The van der Waals surface area contributed by atoms with Gasteiger partial charge < -0.3 is 9.73 Å². The molecule has 0 aliphatic carbocycles. The van der Waals surface area contributed by atoms with Crippen molar-refractivity contribution in [3.63, 3.8) is 0 Å². The molecule has 102 valence electrons. The number of fused-ring (bicyclic) bond motifs is 1. The number of aromatic nitrogens is 3. The van der Waals surface area contributed by atoms with E-state index in [1.807, 2.05) is 35.7 Å². The van der Waals surface area contributed by atoms with Crippen molar-refractivity contribution in [3.05, 3.63) is 54.5 Å². The number of hydrogen-bond acceptors (Lipinski definition) is 6. The maximum absolute atomic E-state index is 5.27. The fraction of sp³-hybridized carbons (Fsp3) is 0. The van der Waals surface area contributed by atoms with Crippen LogP contribution < -0.4 is 5.32 Å². The van der Waals surface area contributed by atoms with Gasteiger partial charge in [-0.2, -0.15) is 0 Å². The molecule has 0 saturated carbocycles. The van der Waals surface area contributed by atoms with Crippen molar-refractivity contribution in [1.29, 1.82) is 0 Å². The van der Waals surface area contributed by atoms with Crippen molar-refractivity contribution < 1.29 is 4.42 Å². The van der Waals surface area contributed by atoms with Crippen molar-refractivity contribution in [3.8, 4) is 11.5 Å². The fourth-order valence-electron chi connectivity index (χ4n) is 2.09. The second-order valence-electron chi connectivity index (χ2n) is 4.40. The molecule has 0 amide bonds. The molecule has 1 aromatic carbocycles. The molecule has 0 atom stereocenters. The minimum Gasteiger partial charge on any atom is -0.445 e. The molecule has 0 radical (unpaired) electrons. The summed E-state index contributed by atoms with van der Waals surface area (Å²) < 4.78 is 5.27. The first-order valence-corrected chi connectivity index (χ1v) is 7.23. The van der Waals surface area contributed by atoms with Crippen molar-refractivity contribution in [1.82, 2.24) is 15.0 Å². The lowest BCUT2D eigenvalue weighted by Crippen LogP contribution is -1.94. The van der Waals surface area contributed by atoms with E-state index >= 15 is 0 Å². The highest BCUT2D eigenvalue weighted by Gasteiger charge is 2.06. The van der Waals surface area contributed by atoms with Crippen LogP contribution in [0.3, 0.4) is 0 Å². The zero-order valence-electron chi connectivity index (χ0n) is 10.9. The van der Waals surface area contributed by atoms with E-state index in [0.717, 1.165) is 27.3 Å². The molecule has 0 bridgehead atoms. The van der Waals surface area contributed by atoms with Crippen molar-refractivity contribution in [2.75, 3.05) is 5.32 Å². The van der Waals surface area contributed by atoms with Gasteiger partial charge in [0.1, 0.15) is 23.2 Å². The molecule has 3 aromatic heterocycles. The zero-order chi connectivity index (χ0) is 14.1. The first-order valence-electron chi connectivity index (χ1n) is 6.35. The molecule has 0 aliphatic heterocycles. The maximum atomic E-state index is 5.27. The van der Waals surface area contributed by atoms with Gasteiger partial charge in [-0.05, 0) is 35.7 Å². The summed E-state index contributed by atoms with van der Waals surface area (Å²) in [5, 5.41) is 6.35. The second kappa shape index (κ2) is 4.99. The average molecular weight is 294 g/mol. The second-order valence-corrected chi connectivity index (χ2v) is 5.30. The first kappa shape index (κ1) is 12.0. The summed E-state index contributed by atoms with van der Waals surface area (Å²) in [7, 11) is 0. The molecule has 3 heterocycles. The van der Waals surface area contributed by atoms with Crippen molar-refractivity contribution in [2.45, 2.75) is 0 Å². The number of hydrogen-bond donors (Lipinski definition) is 1. The summed E-state index contributed by atoms with van der Waals surface area (Å²) in [6.45, 7) is 0. The molecular weight excluding hydrogens is 284 g/mol. The summed E-state index contributed by atoms with van der Waals surface area (Å²) in [5.41, 5.74) is 1.89. The lowest BCUT2D eigenvalue weighted by Gasteiger charge is -2.06. The third-order valence-corrected chi connectivity index (χ3v) is 3.91. The minimum atomic E-state index is 0.615. The normalized spacial score (nSPS) is 10.9. The quantitative estimate of drug-likeness (QED) is 0.616. The van der Waals surface area contributed by atoms with Gasteiger partial charge in [-0.3, -0.25) is 0 Å².